The van der Waals surface area contributed by atoms with E-state index in [1.54, 1.807) is 6.92 Å². The van der Waals surface area contributed by atoms with Crippen molar-refractivity contribution in [2.24, 2.45) is 0 Å². The van der Waals surface area contributed by atoms with Gasteiger partial charge in [-0.3, -0.25) is 0 Å². The van der Waals surface area contributed by atoms with Crippen LogP contribution in [0.4, 0.5) is 0 Å². The quantitative estimate of drug-likeness (QED) is 0.608. The Morgan fingerprint density at radius 2 is 2.06 bits per heavy atom. The molecule has 0 fully saturated rings. The molecular formula is C10H20N4O3S. The second kappa shape index (κ2) is 7.45. The van der Waals surface area contributed by atoms with Gasteiger partial charge in [-0.05, 0) is 26.4 Å². The van der Waals surface area contributed by atoms with Crippen molar-refractivity contribution in [3.63, 3.8) is 0 Å². The lowest BCUT2D eigenvalue weighted by atomic mass is 10.3. The van der Waals surface area contributed by atoms with Crippen molar-refractivity contribution in [2.45, 2.75) is 26.2 Å². The zero-order chi connectivity index (χ0) is 13.4. The highest BCUT2D eigenvalue weighted by Crippen LogP contribution is 1.97. The molecule has 0 radical (unpaired) electrons. The summed E-state index contributed by atoms with van der Waals surface area (Å²) in [5.74, 6) is 1.16. The summed E-state index contributed by atoms with van der Waals surface area (Å²) in [4.78, 5) is 4.00. The number of hydrogen-bond donors (Lipinski definition) is 2. The van der Waals surface area contributed by atoms with Crippen LogP contribution in [0.5, 0.6) is 0 Å². The van der Waals surface area contributed by atoms with Crippen LogP contribution in [0.1, 0.15) is 24.6 Å². The molecule has 0 aliphatic heterocycles. The zero-order valence-electron chi connectivity index (χ0n) is 10.8. The average molecular weight is 276 g/mol. The summed E-state index contributed by atoms with van der Waals surface area (Å²) in [7, 11) is -1.34. The summed E-state index contributed by atoms with van der Waals surface area (Å²) in [5, 5.41) is 6.67. The lowest BCUT2D eigenvalue weighted by Gasteiger charge is -2.05. The standard InChI is InChI=1S/C10H20N4O3S/c1-9-13-10(14-17-9)5-7-12-18(15,16)8-4-3-6-11-2/h11-12H,3-8H2,1-2H3. The van der Waals surface area contributed by atoms with E-state index in [9.17, 15) is 8.42 Å². The Labute approximate surface area is 107 Å². The number of rotatable bonds is 9. The van der Waals surface area contributed by atoms with Crippen molar-refractivity contribution in [1.82, 2.24) is 20.2 Å². The number of sulfonamides is 1. The number of nitrogens with zero attached hydrogens (tertiary/aromatic N) is 2. The van der Waals surface area contributed by atoms with Crippen LogP contribution in [-0.2, 0) is 16.4 Å². The van der Waals surface area contributed by atoms with Gasteiger partial charge in [0.2, 0.25) is 15.9 Å². The Morgan fingerprint density at radius 3 is 2.67 bits per heavy atom. The Kier molecular flexibility index (Phi) is 6.23. The molecule has 0 aliphatic rings. The molecule has 1 aromatic rings. The Hall–Kier alpha value is -0.990. The fourth-order valence-electron chi connectivity index (χ4n) is 1.43. The average Bonchev–Trinajstić information content (AvgIpc) is 2.70. The number of hydrogen-bond acceptors (Lipinski definition) is 6. The third kappa shape index (κ3) is 6.08. The Balaban J connectivity index is 2.20. The van der Waals surface area contributed by atoms with E-state index in [0.717, 1.165) is 13.0 Å². The lowest BCUT2D eigenvalue weighted by Crippen LogP contribution is -2.28. The normalized spacial score (nSPS) is 11.9. The third-order valence-corrected chi connectivity index (χ3v) is 3.80. The number of nitrogens with one attached hydrogen (secondary N) is 2. The number of unbranched alkanes of at least 4 members (excludes halogenated alkanes) is 1. The second-order valence-corrected chi connectivity index (χ2v) is 5.93. The molecule has 0 unspecified atom stereocenters. The van der Waals surface area contributed by atoms with E-state index < -0.39 is 10.0 Å². The predicted octanol–water partition coefficient (Wildman–Crippen LogP) is -0.160. The SMILES string of the molecule is CNCCCCS(=O)(=O)NCCc1noc(C)n1. The molecule has 1 heterocycles. The summed E-state index contributed by atoms with van der Waals surface area (Å²) in [6, 6.07) is 0. The van der Waals surface area contributed by atoms with Gasteiger partial charge in [0.15, 0.2) is 5.82 Å². The second-order valence-electron chi connectivity index (χ2n) is 4.00. The third-order valence-electron chi connectivity index (χ3n) is 2.33. The number of aromatic nitrogens is 2. The fourth-order valence-corrected chi connectivity index (χ4v) is 2.57. The van der Waals surface area contributed by atoms with E-state index in [1.165, 1.54) is 0 Å². The monoisotopic (exact) mass is 276 g/mol. The van der Waals surface area contributed by atoms with Crippen LogP contribution in [0.15, 0.2) is 4.52 Å². The smallest absolute Gasteiger partial charge is 0.223 e. The van der Waals surface area contributed by atoms with Gasteiger partial charge in [0.05, 0.1) is 5.75 Å². The van der Waals surface area contributed by atoms with Crippen LogP contribution in [0.2, 0.25) is 0 Å². The maximum absolute atomic E-state index is 11.6. The number of aryl methyl sites for hydroxylation is 1. The van der Waals surface area contributed by atoms with E-state index in [-0.39, 0.29) is 5.75 Å². The maximum atomic E-state index is 11.6. The first kappa shape index (κ1) is 15.1. The molecule has 0 saturated heterocycles. The van der Waals surface area contributed by atoms with Crippen molar-refractivity contribution in [3.05, 3.63) is 11.7 Å². The molecule has 104 valence electrons. The van der Waals surface area contributed by atoms with Gasteiger partial charge in [0, 0.05) is 19.9 Å². The van der Waals surface area contributed by atoms with E-state index >= 15 is 0 Å². The minimum absolute atomic E-state index is 0.153. The first-order valence-electron chi connectivity index (χ1n) is 5.94. The lowest BCUT2D eigenvalue weighted by molar-refractivity contribution is 0.387. The molecule has 0 saturated carbocycles. The van der Waals surface area contributed by atoms with Crippen LogP contribution < -0.4 is 10.0 Å². The molecule has 2 N–H and O–H groups in total. The predicted molar refractivity (Wildman–Crippen MR) is 67.7 cm³/mol. The largest absolute Gasteiger partial charge is 0.340 e. The minimum Gasteiger partial charge on any atom is -0.340 e. The zero-order valence-corrected chi connectivity index (χ0v) is 11.6. The summed E-state index contributed by atoms with van der Waals surface area (Å²) in [6.45, 7) is 2.83. The Morgan fingerprint density at radius 1 is 1.28 bits per heavy atom. The molecule has 0 atom stereocenters. The van der Waals surface area contributed by atoms with Gasteiger partial charge >= 0.3 is 0 Å². The van der Waals surface area contributed by atoms with Crippen LogP contribution >= 0.6 is 0 Å². The van der Waals surface area contributed by atoms with Crippen LogP contribution in [0, 0.1) is 6.92 Å². The molecule has 0 aliphatic carbocycles. The highest BCUT2D eigenvalue weighted by atomic mass is 32.2. The molecule has 0 aromatic carbocycles. The molecular weight excluding hydrogens is 256 g/mol. The summed E-state index contributed by atoms with van der Waals surface area (Å²) >= 11 is 0. The summed E-state index contributed by atoms with van der Waals surface area (Å²) in [5.41, 5.74) is 0. The molecule has 0 amide bonds. The van der Waals surface area contributed by atoms with Gasteiger partial charge in [-0.1, -0.05) is 5.16 Å². The molecule has 0 spiro atoms. The van der Waals surface area contributed by atoms with E-state index in [2.05, 4.69) is 20.2 Å². The highest BCUT2D eigenvalue weighted by molar-refractivity contribution is 7.89. The minimum atomic E-state index is -3.19. The van der Waals surface area contributed by atoms with Gasteiger partial charge in [-0.15, -0.1) is 0 Å². The van der Waals surface area contributed by atoms with Crippen LogP contribution in [-0.4, -0.2) is 44.4 Å². The van der Waals surface area contributed by atoms with Gasteiger partial charge < -0.3 is 9.84 Å². The highest BCUT2D eigenvalue weighted by Gasteiger charge is 2.10. The van der Waals surface area contributed by atoms with Crippen molar-refractivity contribution < 1.29 is 12.9 Å². The maximum Gasteiger partial charge on any atom is 0.223 e. The fraction of sp³-hybridized carbons (Fsp3) is 0.800. The summed E-state index contributed by atoms with van der Waals surface area (Å²) < 4.78 is 30.5. The van der Waals surface area contributed by atoms with Gasteiger partial charge in [-0.25, -0.2) is 13.1 Å². The summed E-state index contributed by atoms with van der Waals surface area (Å²) in [6.07, 6.45) is 1.94. The van der Waals surface area contributed by atoms with Crippen molar-refractivity contribution in [2.75, 3.05) is 25.9 Å². The van der Waals surface area contributed by atoms with Gasteiger partial charge in [0.25, 0.3) is 0 Å². The van der Waals surface area contributed by atoms with Crippen molar-refractivity contribution in [3.8, 4) is 0 Å². The first-order valence-corrected chi connectivity index (χ1v) is 7.60. The van der Waals surface area contributed by atoms with E-state index in [0.29, 0.717) is 31.1 Å². The van der Waals surface area contributed by atoms with Crippen LogP contribution in [0.25, 0.3) is 0 Å². The molecule has 7 nitrogen and oxygen atoms in total. The molecule has 1 aromatic heterocycles. The molecule has 1 rings (SSSR count). The van der Waals surface area contributed by atoms with Crippen LogP contribution in [0.3, 0.4) is 0 Å². The molecule has 18 heavy (non-hydrogen) atoms. The topological polar surface area (TPSA) is 97.1 Å². The van der Waals surface area contributed by atoms with Crippen molar-refractivity contribution in [1.29, 1.82) is 0 Å². The van der Waals surface area contributed by atoms with E-state index in [1.807, 2.05) is 7.05 Å². The van der Waals surface area contributed by atoms with E-state index in [4.69, 9.17) is 4.52 Å². The van der Waals surface area contributed by atoms with Crippen molar-refractivity contribution >= 4 is 10.0 Å². The molecule has 0 bridgehead atoms. The Bertz CT molecular complexity index is 444. The van der Waals surface area contributed by atoms with Gasteiger partial charge in [0.1, 0.15) is 0 Å². The molecule has 8 heteroatoms. The van der Waals surface area contributed by atoms with Gasteiger partial charge in [-0.2, -0.15) is 4.98 Å². The first-order chi connectivity index (χ1) is 8.53.